The third-order valence-electron chi connectivity index (χ3n) is 5.65. The Morgan fingerprint density at radius 3 is 2.36 bits per heavy atom. The molecule has 3 heteroatoms. The standard InChI is InChI=1S/C19H36N2O/c1-14(2)17-10-18(13-21(12-17)19(22)15(3)4)20-11-16-8-6-5-7-9-16/h14-18,20H,5-13H2,1-4H3. The number of hydrogen-bond donors (Lipinski definition) is 1. The van der Waals surface area contributed by atoms with Crippen LogP contribution in [0.4, 0.5) is 0 Å². The topological polar surface area (TPSA) is 32.3 Å². The second-order valence-electron chi connectivity index (χ2n) is 8.25. The first kappa shape index (κ1) is 17.8. The number of amides is 1. The summed E-state index contributed by atoms with van der Waals surface area (Å²) in [5.41, 5.74) is 0. The van der Waals surface area contributed by atoms with Crippen molar-refractivity contribution in [2.75, 3.05) is 19.6 Å². The van der Waals surface area contributed by atoms with Crippen LogP contribution in [0.5, 0.6) is 0 Å². The molecule has 22 heavy (non-hydrogen) atoms. The van der Waals surface area contributed by atoms with Gasteiger partial charge in [-0.25, -0.2) is 0 Å². The molecule has 1 N–H and O–H groups in total. The molecule has 0 spiro atoms. The SMILES string of the molecule is CC(C)C(=O)N1CC(NCC2CCCCC2)CC(C(C)C)C1. The average molecular weight is 309 g/mol. The normalized spacial score (nSPS) is 27.6. The van der Waals surface area contributed by atoms with Gasteiger partial charge in [-0.2, -0.15) is 0 Å². The Kier molecular flexibility index (Phi) is 6.73. The number of nitrogens with one attached hydrogen (secondary N) is 1. The molecule has 0 aromatic heterocycles. The molecule has 3 nitrogen and oxygen atoms in total. The fourth-order valence-corrected chi connectivity index (χ4v) is 4.04. The summed E-state index contributed by atoms with van der Waals surface area (Å²) >= 11 is 0. The van der Waals surface area contributed by atoms with E-state index in [4.69, 9.17) is 0 Å². The lowest BCUT2D eigenvalue weighted by molar-refractivity contribution is -0.137. The van der Waals surface area contributed by atoms with Crippen molar-refractivity contribution in [2.24, 2.45) is 23.7 Å². The lowest BCUT2D eigenvalue weighted by atomic mass is 9.84. The van der Waals surface area contributed by atoms with Gasteiger partial charge in [0.2, 0.25) is 5.91 Å². The number of nitrogens with zero attached hydrogens (tertiary/aromatic N) is 1. The molecular weight excluding hydrogens is 272 g/mol. The van der Waals surface area contributed by atoms with Crippen molar-refractivity contribution >= 4 is 5.91 Å². The molecule has 1 saturated heterocycles. The van der Waals surface area contributed by atoms with Gasteiger partial charge in [0.15, 0.2) is 0 Å². The van der Waals surface area contributed by atoms with Gasteiger partial charge in [-0.15, -0.1) is 0 Å². The van der Waals surface area contributed by atoms with E-state index in [1.54, 1.807) is 0 Å². The molecule has 2 aliphatic rings. The number of likely N-dealkylation sites (tertiary alicyclic amines) is 1. The maximum atomic E-state index is 12.4. The minimum atomic E-state index is 0.116. The summed E-state index contributed by atoms with van der Waals surface area (Å²) in [5, 5.41) is 3.81. The van der Waals surface area contributed by atoms with Crippen LogP contribution < -0.4 is 5.32 Å². The molecule has 0 bridgehead atoms. The van der Waals surface area contributed by atoms with E-state index in [2.05, 4.69) is 24.1 Å². The number of carbonyl (C=O) groups is 1. The Bertz CT molecular complexity index is 347. The summed E-state index contributed by atoms with van der Waals surface area (Å²) in [4.78, 5) is 14.5. The third-order valence-corrected chi connectivity index (χ3v) is 5.65. The highest BCUT2D eigenvalue weighted by atomic mass is 16.2. The van der Waals surface area contributed by atoms with Crippen molar-refractivity contribution in [3.8, 4) is 0 Å². The predicted molar refractivity (Wildman–Crippen MR) is 92.7 cm³/mol. The second kappa shape index (κ2) is 8.33. The molecule has 2 rings (SSSR count). The molecule has 1 saturated carbocycles. The van der Waals surface area contributed by atoms with Crippen molar-refractivity contribution in [1.82, 2.24) is 10.2 Å². The van der Waals surface area contributed by atoms with Crippen molar-refractivity contribution in [1.29, 1.82) is 0 Å². The molecule has 0 aromatic rings. The van der Waals surface area contributed by atoms with Gasteiger partial charge in [0.05, 0.1) is 0 Å². The minimum Gasteiger partial charge on any atom is -0.341 e. The molecule has 2 unspecified atom stereocenters. The van der Waals surface area contributed by atoms with E-state index in [-0.39, 0.29) is 5.92 Å². The van der Waals surface area contributed by atoms with Crippen LogP contribution in [-0.4, -0.2) is 36.5 Å². The summed E-state index contributed by atoms with van der Waals surface area (Å²) in [5.74, 6) is 2.60. The van der Waals surface area contributed by atoms with Crippen molar-refractivity contribution in [2.45, 2.75) is 72.3 Å². The first-order valence-electron chi connectivity index (χ1n) is 9.49. The predicted octanol–water partition coefficient (Wildman–Crippen LogP) is 3.69. The van der Waals surface area contributed by atoms with Crippen LogP contribution in [0.1, 0.15) is 66.2 Å². The Morgan fingerprint density at radius 1 is 1.09 bits per heavy atom. The minimum absolute atomic E-state index is 0.116. The van der Waals surface area contributed by atoms with Gasteiger partial charge in [0, 0.05) is 25.0 Å². The van der Waals surface area contributed by atoms with E-state index < -0.39 is 0 Å². The molecule has 0 aromatic carbocycles. The molecule has 128 valence electrons. The highest BCUT2D eigenvalue weighted by Gasteiger charge is 2.32. The van der Waals surface area contributed by atoms with Crippen molar-refractivity contribution in [3.05, 3.63) is 0 Å². The van der Waals surface area contributed by atoms with Gasteiger partial charge in [-0.3, -0.25) is 4.79 Å². The molecule has 1 aliphatic carbocycles. The Balaban J connectivity index is 1.89. The van der Waals surface area contributed by atoms with E-state index in [9.17, 15) is 4.79 Å². The summed E-state index contributed by atoms with van der Waals surface area (Å²) < 4.78 is 0. The molecule has 1 aliphatic heterocycles. The van der Waals surface area contributed by atoms with Crippen LogP contribution in [0.15, 0.2) is 0 Å². The fraction of sp³-hybridized carbons (Fsp3) is 0.947. The van der Waals surface area contributed by atoms with Crippen LogP contribution in [0, 0.1) is 23.7 Å². The maximum absolute atomic E-state index is 12.4. The summed E-state index contributed by atoms with van der Waals surface area (Å²) in [6.45, 7) is 11.7. The van der Waals surface area contributed by atoms with Gasteiger partial charge in [-0.1, -0.05) is 47.0 Å². The van der Waals surface area contributed by atoms with Crippen LogP contribution in [0.2, 0.25) is 0 Å². The van der Waals surface area contributed by atoms with Gasteiger partial charge in [0.25, 0.3) is 0 Å². The first-order chi connectivity index (χ1) is 10.5. The molecule has 1 amide bonds. The lowest BCUT2D eigenvalue weighted by Crippen LogP contribution is -2.53. The van der Waals surface area contributed by atoms with Gasteiger partial charge in [0.1, 0.15) is 0 Å². The summed E-state index contributed by atoms with van der Waals surface area (Å²) in [7, 11) is 0. The van der Waals surface area contributed by atoms with Crippen LogP contribution in [-0.2, 0) is 4.79 Å². The Hall–Kier alpha value is -0.570. The largest absolute Gasteiger partial charge is 0.341 e. The monoisotopic (exact) mass is 308 g/mol. The van der Waals surface area contributed by atoms with Crippen LogP contribution >= 0.6 is 0 Å². The third kappa shape index (κ3) is 4.97. The van der Waals surface area contributed by atoms with E-state index >= 15 is 0 Å². The molecule has 0 radical (unpaired) electrons. The molecule has 2 fully saturated rings. The van der Waals surface area contributed by atoms with Crippen LogP contribution in [0.25, 0.3) is 0 Å². The average Bonchev–Trinajstić information content (AvgIpc) is 2.52. The van der Waals surface area contributed by atoms with E-state index in [1.165, 1.54) is 38.5 Å². The molecule has 2 atom stereocenters. The lowest BCUT2D eigenvalue weighted by Gasteiger charge is -2.41. The van der Waals surface area contributed by atoms with Crippen molar-refractivity contribution < 1.29 is 4.79 Å². The molecular formula is C19H36N2O. The Morgan fingerprint density at radius 2 is 1.77 bits per heavy atom. The van der Waals surface area contributed by atoms with Gasteiger partial charge in [-0.05, 0) is 43.6 Å². The number of piperidine rings is 1. The summed E-state index contributed by atoms with van der Waals surface area (Å²) in [6, 6.07) is 0.491. The fourth-order valence-electron chi connectivity index (χ4n) is 4.04. The van der Waals surface area contributed by atoms with Gasteiger partial charge < -0.3 is 10.2 Å². The molecule has 1 heterocycles. The zero-order chi connectivity index (χ0) is 16.1. The zero-order valence-electron chi connectivity index (χ0n) is 15.1. The van der Waals surface area contributed by atoms with E-state index in [1.807, 2.05) is 13.8 Å². The quantitative estimate of drug-likeness (QED) is 0.840. The highest BCUT2D eigenvalue weighted by Crippen LogP contribution is 2.26. The number of rotatable bonds is 5. The number of carbonyl (C=O) groups excluding carboxylic acids is 1. The van der Waals surface area contributed by atoms with E-state index in [0.717, 1.165) is 25.6 Å². The Labute approximate surface area is 137 Å². The maximum Gasteiger partial charge on any atom is 0.225 e. The van der Waals surface area contributed by atoms with E-state index in [0.29, 0.717) is 23.8 Å². The smallest absolute Gasteiger partial charge is 0.225 e. The van der Waals surface area contributed by atoms with Crippen molar-refractivity contribution in [3.63, 3.8) is 0 Å². The van der Waals surface area contributed by atoms with Gasteiger partial charge >= 0.3 is 0 Å². The zero-order valence-corrected chi connectivity index (χ0v) is 15.1. The summed E-state index contributed by atoms with van der Waals surface area (Å²) in [6.07, 6.45) is 8.25. The highest BCUT2D eigenvalue weighted by molar-refractivity contribution is 5.78. The van der Waals surface area contributed by atoms with Crippen LogP contribution in [0.3, 0.4) is 0 Å². The number of hydrogen-bond acceptors (Lipinski definition) is 2. The second-order valence-corrected chi connectivity index (χ2v) is 8.25. The first-order valence-corrected chi connectivity index (χ1v) is 9.49.